The topological polar surface area (TPSA) is 61.0 Å². The van der Waals surface area contributed by atoms with E-state index in [1.54, 1.807) is 24.3 Å². The highest BCUT2D eigenvalue weighted by Gasteiger charge is 2.06. The van der Waals surface area contributed by atoms with Gasteiger partial charge in [0.2, 0.25) is 0 Å². The van der Waals surface area contributed by atoms with Gasteiger partial charge >= 0.3 is 5.97 Å². The zero-order chi connectivity index (χ0) is 13.5. The van der Waals surface area contributed by atoms with Gasteiger partial charge in [0, 0.05) is 5.69 Å². The molecule has 0 aliphatic heterocycles. The van der Waals surface area contributed by atoms with Gasteiger partial charge in [-0.15, -0.1) is 0 Å². The molecule has 0 amide bonds. The molecule has 0 aliphatic rings. The molecule has 0 N–H and O–H groups in total. The zero-order valence-corrected chi connectivity index (χ0v) is 10.3. The summed E-state index contributed by atoms with van der Waals surface area (Å²) < 4.78 is 5.18. The minimum absolute atomic E-state index is 0.238. The molecule has 0 aromatic heterocycles. The number of aryl methyl sites for hydroxylation is 1. The summed E-state index contributed by atoms with van der Waals surface area (Å²) in [6, 6.07) is 16.1. The number of ether oxygens (including phenoxy) is 1. The van der Waals surface area contributed by atoms with E-state index >= 15 is 0 Å². The molecule has 0 unspecified atom stereocenters. The number of hydrogen-bond acceptors (Lipinski definition) is 3. The van der Waals surface area contributed by atoms with Crippen LogP contribution in [0.15, 0.2) is 59.7 Å². The number of esters is 1. The summed E-state index contributed by atoms with van der Waals surface area (Å²) in [6.45, 7) is 0. The third kappa shape index (κ3) is 3.74. The molecular weight excluding hydrogens is 240 g/mol. The van der Waals surface area contributed by atoms with E-state index in [2.05, 4.69) is 5.11 Å². The van der Waals surface area contributed by atoms with Gasteiger partial charge in [-0.2, -0.15) is 0 Å². The molecule has 4 nitrogen and oxygen atoms in total. The first kappa shape index (κ1) is 13.0. The number of nitrogens with zero attached hydrogens (tertiary/aromatic N) is 2. The van der Waals surface area contributed by atoms with E-state index < -0.39 is 0 Å². The molecule has 0 heterocycles. The standard InChI is InChI=1S/C15H13N2O2/c16-17-14-9-5-4-6-12(14)10-11-15(18)19-13-7-2-1-3-8-13/h1-9H,10-11H2/q-1. The maximum Gasteiger partial charge on any atom is 0.311 e. The van der Waals surface area contributed by atoms with E-state index in [0.29, 0.717) is 17.9 Å². The summed E-state index contributed by atoms with van der Waals surface area (Å²) in [6.07, 6.45) is 0.716. The van der Waals surface area contributed by atoms with Crippen LogP contribution in [0.5, 0.6) is 5.75 Å². The Kier molecular flexibility index (Phi) is 4.39. The molecule has 0 atom stereocenters. The third-order valence-corrected chi connectivity index (χ3v) is 2.67. The maximum absolute atomic E-state index is 11.7. The predicted molar refractivity (Wildman–Crippen MR) is 72.3 cm³/mol. The lowest BCUT2D eigenvalue weighted by atomic mass is 10.1. The maximum atomic E-state index is 11.7. The Labute approximate surface area is 111 Å². The predicted octanol–water partition coefficient (Wildman–Crippen LogP) is 3.88. The van der Waals surface area contributed by atoms with Gasteiger partial charge in [0.1, 0.15) is 5.75 Å². The molecule has 4 heteroatoms. The van der Waals surface area contributed by atoms with E-state index in [-0.39, 0.29) is 12.4 Å². The Hall–Kier alpha value is -2.49. The van der Waals surface area contributed by atoms with E-state index in [0.717, 1.165) is 5.56 Å². The molecule has 19 heavy (non-hydrogen) atoms. The molecule has 2 aromatic rings. The van der Waals surface area contributed by atoms with Crippen LogP contribution in [-0.4, -0.2) is 5.97 Å². The summed E-state index contributed by atoms with van der Waals surface area (Å²) >= 11 is 0. The van der Waals surface area contributed by atoms with Gasteiger partial charge in [-0.1, -0.05) is 36.4 Å². The number of carbonyl (C=O) groups is 1. The lowest BCUT2D eigenvalue weighted by molar-refractivity contribution is -0.134. The van der Waals surface area contributed by atoms with Gasteiger partial charge in [0.25, 0.3) is 0 Å². The van der Waals surface area contributed by atoms with Gasteiger partial charge < -0.3 is 15.4 Å². The van der Waals surface area contributed by atoms with Crippen LogP contribution < -0.4 is 4.74 Å². The van der Waals surface area contributed by atoms with Crippen molar-refractivity contribution in [1.29, 1.82) is 0 Å². The summed E-state index contributed by atoms with van der Waals surface area (Å²) in [5.74, 6) is 0.228. The van der Waals surface area contributed by atoms with Gasteiger partial charge in [-0.3, -0.25) is 4.79 Å². The van der Waals surface area contributed by atoms with Gasteiger partial charge in [-0.05, 0) is 30.2 Å². The number of hydrogen-bond donors (Lipinski definition) is 0. The molecule has 0 saturated heterocycles. The van der Waals surface area contributed by atoms with Crippen LogP contribution in [0.25, 0.3) is 5.53 Å². The van der Waals surface area contributed by atoms with Crippen LogP contribution in [0, 0.1) is 0 Å². The second-order valence-electron chi connectivity index (χ2n) is 4.02. The minimum Gasteiger partial charge on any atom is -0.706 e. The number of benzene rings is 2. The van der Waals surface area contributed by atoms with Gasteiger partial charge in [-0.25, -0.2) is 0 Å². The van der Waals surface area contributed by atoms with Gasteiger partial charge in [0.15, 0.2) is 0 Å². The van der Waals surface area contributed by atoms with Crippen LogP contribution in [-0.2, 0) is 11.2 Å². The fourth-order valence-electron chi connectivity index (χ4n) is 1.73. The van der Waals surface area contributed by atoms with Crippen molar-refractivity contribution in [2.75, 3.05) is 0 Å². The largest absolute Gasteiger partial charge is 0.706 e. The van der Waals surface area contributed by atoms with Crippen molar-refractivity contribution in [2.24, 2.45) is 5.11 Å². The van der Waals surface area contributed by atoms with E-state index in [1.807, 2.05) is 30.3 Å². The first-order valence-corrected chi connectivity index (χ1v) is 5.98. The van der Waals surface area contributed by atoms with Crippen LogP contribution in [0.4, 0.5) is 5.69 Å². The van der Waals surface area contributed by atoms with Crippen molar-refractivity contribution in [3.63, 3.8) is 0 Å². The first-order valence-electron chi connectivity index (χ1n) is 5.98. The van der Waals surface area contributed by atoms with Crippen molar-refractivity contribution in [2.45, 2.75) is 12.8 Å². The van der Waals surface area contributed by atoms with Crippen molar-refractivity contribution >= 4 is 11.7 Å². The highest BCUT2D eigenvalue weighted by Crippen LogP contribution is 2.20. The fraction of sp³-hybridized carbons (Fsp3) is 0.133. The highest BCUT2D eigenvalue weighted by atomic mass is 16.5. The second kappa shape index (κ2) is 6.44. The summed E-state index contributed by atoms with van der Waals surface area (Å²) in [4.78, 5) is 11.7. The van der Waals surface area contributed by atoms with Crippen LogP contribution in [0.3, 0.4) is 0 Å². The molecule has 2 rings (SSSR count). The minimum atomic E-state index is -0.307. The second-order valence-corrected chi connectivity index (χ2v) is 4.02. The molecule has 96 valence electrons. The molecule has 0 radical (unpaired) electrons. The summed E-state index contributed by atoms with van der Waals surface area (Å²) in [5.41, 5.74) is 10.1. The van der Waals surface area contributed by atoms with Crippen molar-refractivity contribution in [1.82, 2.24) is 0 Å². The van der Waals surface area contributed by atoms with Crippen LogP contribution in [0.2, 0.25) is 0 Å². The molecule has 0 spiro atoms. The average molecular weight is 253 g/mol. The Morgan fingerprint density at radius 2 is 1.74 bits per heavy atom. The van der Waals surface area contributed by atoms with Gasteiger partial charge in [0.05, 0.1) is 6.42 Å². The van der Waals surface area contributed by atoms with Crippen LogP contribution >= 0.6 is 0 Å². The Balaban J connectivity index is 1.92. The lowest BCUT2D eigenvalue weighted by Gasteiger charge is -2.07. The molecule has 0 bridgehead atoms. The van der Waals surface area contributed by atoms with E-state index in [4.69, 9.17) is 10.3 Å². The molecule has 0 aliphatic carbocycles. The molecular formula is C15H13N2O2-. The van der Waals surface area contributed by atoms with Crippen molar-refractivity contribution in [3.8, 4) is 5.75 Å². The zero-order valence-electron chi connectivity index (χ0n) is 10.3. The monoisotopic (exact) mass is 253 g/mol. The SMILES string of the molecule is [N-]=Nc1ccccc1CCC(=O)Oc1ccccc1. The average Bonchev–Trinajstić information content (AvgIpc) is 2.46. The van der Waals surface area contributed by atoms with Crippen molar-refractivity contribution in [3.05, 3.63) is 65.7 Å². The Morgan fingerprint density at radius 3 is 2.47 bits per heavy atom. The number of rotatable bonds is 5. The lowest BCUT2D eigenvalue weighted by Crippen LogP contribution is -2.08. The third-order valence-electron chi connectivity index (χ3n) is 2.67. The normalized spacial score (nSPS) is 9.89. The molecule has 0 saturated carbocycles. The van der Waals surface area contributed by atoms with Crippen molar-refractivity contribution < 1.29 is 9.53 Å². The fourth-order valence-corrected chi connectivity index (χ4v) is 1.73. The summed E-state index contributed by atoms with van der Waals surface area (Å²) in [5, 5.41) is 3.18. The quantitative estimate of drug-likeness (QED) is 0.461. The number of para-hydroxylation sites is 1. The highest BCUT2D eigenvalue weighted by molar-refractivity contribution is 5.72. The number of carbonyl (C=O) groups excluding carboxylic acids is 1. The van der Waals surface area contributed by atoms with E-state index in [1.165, 1.54) is 0 Å². The first-order chi connectivity index (χ1) is 9.29. The molecule has 0 fully saturated rings. The Morgan fingerprint density at radius 1 is 1.05 bits per heavy atom. The summed E-state index contributed by atoms with van der Waals surface area (Å²) in [7, 11) is 0. The Bertz CT molecular complexity index is 567. The van der Waals surface area contributed by atoms with E-state index in [9.17, 15) is 4.79 Å². The van der Waals surface area contributed by atoms with Crippen LogP contribution in [0.1, 0.15) is 12.0 Å². The molecule has 2 aromatic carbocycles. The smallest absolute Gasteiger partial charge is 0.311 e.